The number of methoxy groups -OCH3 is 1. The molecule has 0 spiro atoms. The van der Waals surface area contributed by atoms with Crippen LogP contribution in [-0.2, 0) is 9.53 Å². The van der Waals surface area contributed by atoms with Crippen LogP contribution in [0.4, 0.5) is 0 Å². The zero-order chi connectivity index (χ0) is 19.4. The maximum Gasteiger partial charge on any atom is 0.258 e. The highest BCUT2D eigenvalue weighted by Gasteiger charge is 2.14. The average Bonchev–Trinajstić information content (AvgIpc) is 3.04. The van der Waals surface area contributed by atoms with Crippen LogP contribution in [0.1, 0.15) is 18.1 Å². The molecule has 1 aromatic carbocycles. The van der Waals surface area contributed by atoms with Crippen molar-refractivity contribution in [3.63, 3.8) is 0 Å². The van der Waals surface area contributed by atoms with Crippen molar-refractivity contribution in [2.45, 2.75) is 26.8 Å². The Hall–Kier alpha value is -3.00. The molecule has 0 aliphatic heterocycles. The van der Waals surface area contributed by atoms with E-state index in [1.54, 1.807) is 18.0 Å². The Kier molecular flexibility index (Phi) is 5.66. The summed E-state index contributed by atoms with van der Waals surface area (Å²) in [6.45, 7) is 6.23. The van der Waals surface area contributed by atoms with Crippen LogP contribution in [0.15, 0.2) is 30.7 Å². The Morgan fingerprint density at radius 1 is 1.22 bits per heavy atom. The molecule has 2 aromatic heterocycles. The number of carbonyl (C=O) groups excluding carboxylic acids is 1. The van der Waals surface area contributed by atoms with Gasteiger partial charge in [0.2, 0.25) is 5.88 Å². The fourth-order valence-corrected chi connectivity index (χ4v) is 2.94. The van der Waals surface area contributed by atoms with E-state index < -0.39 is 0 Å². The lowest BCUT2D eigenvalue weighted by molar-refractivity contribution is -0.124. The van der Waals surface area contributed by atoms with Gasteiger partial charge in [0.1, 0.15) is 11.7 Å². The van der Waals surface area contributed by atoms with Gasteiger partial charge in [0, 0.05) is 13.2 Å². The molecule has 1 unspecified atom stereocenters. The fraction of sp³-hybridized carbons (Fsp3) is 0.368. The quantitative estimate of drug-likeness (QED) is 0.685. The number of aryl methyl sites for hydroxylation is 2. The summed E-state index contributed by atoms with van der Waals surface area (Å²) in [5.41, 5.74) is 3.82. The molecule has 2 heterocycles. The number of amides is 1. The van der Waals surface area contributed by atoms with Gasteiger partial charge in [-0.15, -0.1) is 0 Å². The van der Waals surface area contributed by atoms with Crippen LogP contribution in [-0.4, -0.2) is 52.0 Å². The van der Waals surface area contributed by atoms with E-state index in [0.29, 0.717) is 23.5 Å². The minimum atomic E-state index is -0.243. The largest absolute Gasteiger partial charge is 0.467 e. The van der Waals surface area contributed by atoms with Gasteiger partial charge in [-0.05, 0) is 44.0 Å². The minimum Gasteiger partial charge on any atom is -0.467 e. The number of rotatable bonds is 7. The summed E-state index contributed by atoms with van der Waals surface area (Å²) in [7, 11) is 1.59. The van der Waals surface area contributed by atoms with Gasteiger partial charge in [-0.3, -0.25) is 4.79 Å². The number of benzene rings is 1. The van der Waals surface area contributed by atoms with Crippen LogP contribution in [0.3, 0.4) is 0 Å². The van der Waals surface area contributed by atoms with Crippen molar-refractivity contribution in [3.8, 4) is 11.6 Å². The van der Waals surface area contributed by atoms with E-state index in [4.69, 9.17) is 9.47 Å². The van der Waals surface area contributed by atoms with Gasteiger partial charge in [-0.2, -0.15) is 5.10 Å². The van der Waals surface area contributed by atoms with Gasteiger partial charge < -0.3 is 14.8 Å². The standard InChI is InChI=1S/C19H23N5O3/c1-12-5-13(2)7-15(6-12)24-18-16(8-22-24)19(21-11-20-18)27-10-17(25)23-14(3)9-26-4/h5-8,11,14H,9-10H2,1-4H3,(H,23,25). The monoisotopic (exact) mass is 369 g/mol. The van der Waals surface area contributed by atoms with Crippen LogP contribution in [0, 0.1) is 13.8 Å². The van der Waals surface area contributed by atoms with Crippen molar-refractivity contribution in [2.24, 2.45) is 0 Å². The van der Waals surface area contributed by atoms with Gasteiger partial charge in [0.15, 0.2) is 12.3 Å². The third kappa shape index (κ3) is 4.40. The van der Waals surface area contributed by atoms with Crippen molar-refractivity contribution in [2.75, 3.05) is 20.3 Å². The normalized spacial score (nSPS) is 12.1. The highest BCUT2D eigenvalue weighted by molar-refractivity contribution is 5.82. The van der Waals surface area contributed by atoms with Crippen molar-refractivity contribution in [1.29, 1.82) is 0 Å². The summed E-state index contributed by atoms with van der Waals surface area (Å²) < 4.78 is 12.3. The number of ether oxygens (including phenoxy) is 2. The molecule has 27 heavy (non-hydrogen) atoms. The second-order valence-corrected chi connectivity index (χ2v) is 6.53. The van der Waals surface area contributed by atoms with Gasteiger partial charge >= 0.3 is 0 Å². The zero-order valence-corrected chi connectivity index (χ0v) is 15.9. The lowest BCUT2D eigenvalue weighted by Gasteiger charge is -2.13. The molecule has 0 saturated carbocycles. The molecule has 1 amide bonds. The van der Waals surface area contributed by atoms with Gasteiger partial charge in [0.25, 0.3) is 5.91 Å². The maximum atomic E-state index is 12.0. The molecule has 0 aliphatic carbocycles. The van der Waals surface area contributed by atoms with Crippen LogP contribution >= 0.6 is 0 Å². The van der Waals surface area contributed by atoms with Crippen molar-refractivity contribution < 1.29 is 14.3 Å². The van der Waals surface area contributed by atoms with E-state index in [9.17, 15) is 4.79 Å². The predicted molar refractivity (Wildman–Crippen MR) is 101 cm³/mol. The van der Waals surface area contributed by atoms with E-state index in [2.05, 4.69) is 26.4 Å². The Bertz CT molecular complexity index is 933. The van der Waals surface area contributed by atoms with Crippen molar-refractivity contribution >= 4 is 16.9 Å². The van der Waals surface area contributed by atoms with Crippen molar-refractivity contribution in [3.05, 3.63) is 41.9 Å². The number of nitrogens with zero attached hydrogens (tertiary/aromatic N) is 4. The Morgan fingerprint density at radius 2 is 1.96 bits per heavy atom. The molecule has 8 nitrogen and oxygen atoms in total. The Balaban J connectivity index is 1.80. The van der Waals surface area contributed by atoms with E-state index >= 15 is 0 Å². The van der Waals surface area contributed by atoms with Crippen LogP contribution in [0.5, 0.6) is 5.88 Å². The molecular formula is C19H23N5O3. The van der Waals surface area contributed by atoms with E-state index in [1.807, 2.05) is 32.9 Å². The second kappa shape index (κ2) is 8.13. The minimum absolute atomic E-state index is 0.0937. The number of hydrogen-bond acceptors (Lipinski definition) is 6. The molecule has 0 bridgehead atoms. The molecule has 0 saturated heterocycles. The summed E-state index contributed by atoms with van der Waals surface area (Å²) in [6, 6.07) is 6.07. The van der Waals surface area contributed by atoms with E-state index in [0.717, 1.165) is 16.8 Å². The molecule has 0 fully saturated rings. The molecule has 3 aromatic rings. The van der Waals surface area contributed by atoms with Gasteiger partial charge in [-0.1, -0.05) is 6.07 Å². The zero-order valence-electron chi connectivity index (χ0n) is 15.9. The first-order valence-electron chi connectivity index (χ1n) is 8.66. The summed E-state index contributed by atoms with van der Waals surface area (Å²) in [4.78, 5) is 20.5. The molecule has 0 aliphatic rings. The lowest BCUT2D eigenvalue weighted by atomic mass is 10.1. The average molecular weight is 369 g/mol. The molecule has 142 valence electrons. The summed E-state index contributed by atoms with van der Waals surface area (Å²) in [6.07, 6.45) is 3.05. The molecule has 1 atom stereocenters. The first-order valence-corrected chi connectivity index (χ1v) is 8.66. The molecule has 0 radical (unpaired) electrons. The summed E-state index contributed by atoms with van der Waals surface area (Å²) in [5.74, 6) is 0.0817. The predicted octanol–water partition coefficient (Wildman–Crippen LogP) is 1.96. The van der Waals surface area contributed by atoms with Gasteiger partial charge in [0.05, 0.1) is 18.5 Å². The highest BCUT2D eigenvalue weighted by atomic mass is 16.5. The molecule has 8 heteroatoms. The fourth-order valence-electron chi connectivity index (χ4n) is 2.94. The molecular weight excluding hydrogens is 346 g/mol. The third-order valence-electron chi connectivity index (χ3n) is 3.94. The maximum absolute atomic E-state index is 12.0. The summed E-state index contributed by atoms with van der Waals surface area (Å²) >= 11 is 0. The number of aromatic nitrogens is 4. The van der Waals surface area contributed by atoms with E-state index in [1.165, 1.54) is 6.33 Å². The number of fused-ring (bicyclic) bond motifs is 1. The van der Waals surface area contributed by atoms with Crippen LogP contribution in [0.25, 0.3) is 16.7 Å². The second-order valence-electron chi connectivity index (χ2n) is 6.53. The summed E-state index contributed by atoms with van der Waals surface area (Å²) in [5, 5.41) is 7.86. The Morgan fingerprint density at radius 3 is 2.67 bits per heavy atom. The number of hydrogen-bond donors (Lipinski definition) is 1. The SMILES string of the molecule is COCC(C)NC(=O)COc1ncnc2c1cnn2-c1cc(C)cc(C)c1. The van der Waals surface area contributed by atoms with E-state index in [-0.39, 0.29) is 18.6 Å². The van der Waals surface area contributed by atoms with Crippen LogP contribution in [0.2, 0.25) is 0 Å². The number of nitrogens with one attached hydrogen (secondary N) is 1. The van der Waals surface area contributed by atoms with Crippen molar-refractivity contribution in [1.82, 2.24) is 25.1 Å². The third-order valence-corrected chi connectivity index (χ3v) is 3.94. The topological polar surface area (TPSA) is 91.2 Å². The van der Waals surface area contributed by atoms with Gasteiger partial charge in [-0.25, -0.2) is 14.6 Å². The lowest BCUT2D eigenvalue weighted by Crippen LogP contribution is -2.38. The molecule has 1 N–H and O–H groups in total. The highest BCUT2D eigenvalue weighted by Crippen LogP contribution is 2.24. The Labute approximate surface area is 157 Å². The van der Waals surface area contributed by atoms with Crippen LogP contribution < -0.4 is 10.1 Å². The first-order chi connectivity index (χ1) is 13.0. The molecule has 3 rings (SSSR count). The smallest absolute Gasteiger partial charge is 0.258 e. The first kappa shape index (κ1) is 18.8. The number of carbonyl (C=O) groups is 1.